The van der Waals surface area contributed by atoms with E-state index in [-0.39, 0.29) is 0 Å². The molecular formula is C17H17N3. The van der Waals surface area contributed by atoms with E-state index < -0.39 is 0 Å². The lowest BCUT2D eigenvalue weighted by atomic mass is 10.0. The Hall–Kier alpha value is -2.55. The summed E-state index contributed by atoms with van der Waals surface area (Å²) in [6.45, 7) is 2.08. The van der Waals surface area contributed by atoms with Crippen LogP contribution in [0.5, 0.6) is 0 Å². The summed E-state index contributed by atoms with van der Waals surface area (Å²) in [6.07, 6.45) is 0. The molecule has 3 heteroatoms. The van der Waals surface area contributed by atoms with Crippen LogP contribution in [0, 0.1) is 6.92 Å². The van der Waals surface area contributed by atoms with Crippen molar-refractivity contribution in [3.63, 3.8) is 0 Å². The van der Waals surface area contributed by atoms with Crippen molar-refractivity contribution in [3.8, 4) is 22.4 Å². The zero-order valence-corrected chi connectivity index (χ0v) is 11.7. The van der Waals surface area contributed by atoms with E-state index >= 15 is 0 Å². The topological polar surface area (TPSA) is 43.8 Å². The minimum absolute atomic E-state index is 0.687. The number of rotatable bonds is 2. The molecule has 3 nitrogen and oxygen atoms in total. The van der Waals surface area contributed by atoms with Crippen molar-refractivity contribution in [2.24, 2.45) is 7.05 Å². The highest BCUT2D eigenvalue weighted by Gasteiger charge is 2.16. The second-order valence-corrected chi connectivity index (χ2v) is 4.96. The molecule has 0 unspecified atom stereocenters. The van der Waals surface area contributed by atoms with Crippen LogP contribution in [0.1, 0.15) is 5.56 Å². The van der Waals surface area contributed by atoms with Gasteiger partial charge in [-0.1, -0.05) is 60.2 Å². The van der Waals surface area contributed by atoms with E-state index in [0.29, 0.717) is 5.82 Å². The SMILES string of the molecule is Cc1ccc(-c2nn(C)c(N)c2-c2ccccc2)cc1. The summed E-state index contributed by atoms with van der Waals surface area (Å²) in [5, 5.41) is 4.58. The highest BCUT2D eigenvalue weighted by Crippen LogP contribution is 2.35. The largest absolute Gasteiger partial charge is 0.383 e. The van der Waals surface area contributed by atoms with Gasteiger partial charge in [-0.3, -0.25) is 4.68 Å². The van der Waals surface area contributed by atoms with Crippen LogP contribution in [0.15, 0.2) is 54.6 Å². The summed E-state index contributed by atoms with van der Waals surface area (Å²) in [5.74, 6) is 0.687. The maximum absolute atomic E-state index is 6.20. The summed E-state index contributed by atoms with van der Waals surface area (Å²) in [6, 6.07) is 18.5. The van der Waals surface area contributed by atoms with Crippen molar-refractivity contribution >= 4 is 5.82 Å². The lowest BCUT2D eigenvalue weighted by molar-refractivity contribution is 0.782. The van der Waals surface area contributed by atoms with Crippen molar-refractivity contribution in [2.75, 3.05) is 5.73 Å². The predicted octanol–water partition coefficient (Wildman–Crippen LogP) is 3.64. The lowest BCUT2D eigenvalue weighted by Crippen LogP contribution is -1.97. The van der Waals surface area contributed by atoms with Crippen molar-refractivity contribution < 1.29 is 0 Å². The third-order valence-electron chi connectivity index (χ3n) is 3.48. The second kappa shape index (κ2) is 4.85. The molecule has 100 valence electrons. The van der Waals surface area contributed by atoms with Gasteiger partial charge in [-0.15, -0.1) is 0 Å². The van der Waals surface area contributed by atoms with Crippen LogP contribution >= 0.6 is 0 Å². The second-order valence-electron chi connectivity index (χ2n) is 4.96. The van der Waals surface area contributed by atoms with E-state index in [4.69, 9.17) is 5.73 Å². The van der Waals surface area contributed by atoms with Crippen molar-refractivity contribution in [1.29, 1.82) is 0 Å². The van der Waals surface area contributed by atoms with Crippen molar-refractivity contribution in [3.05, 3.63) is 60.2 Å². The molecule has 1 heterocycles. The molecule has 0 radical (unpaired) electrons. The van der Waals surface area contributed by atoms with Gasteiger partial charge in [0.15, 0.2) is 0 Å². The van der Waals surface area contributed by atoms with Gasteiger partial charge in [0.05, 0.1) is 5.56 Å². The van der Waals surface area contributed by atoms with Crippen molar-refractivity contribution in [2.45, 2.75) is 6.92 Å². The van der Waals surface area contributed by atoms with Crippen LogP contribution in [0.4, 0.5) is 5.82 Å². The van der Waals surface area contributed by atoms with Crippen LogP contribution in [0.2, 0.25) is 0 Å². The average molecular weight is 263 g/mol. The first-order valence-corrected chi connectivity index (χ1v) is 6.62. The minimum atomic E-state index is 0.687. The average Bonchev–Trinajstić information content (AvgIpc) is 2.77. The third-order valence-corrected chi connectivity index (χ3v) is 3.48. The molecular weight excluding hydrogens is 246 g/mol. The molecule has 20 heavy (non-hydrogen) atoms. The zero-order chi connectivity index (χ0) is 14.1. The number of aryl methyl sites for hydroxylation is 2. The van der Waals surface area contributed by atoms with Gasteiger partial charge in [0.1, 0.15) is 11.5 Å². The fraction of sp³-hybridized carbons (Fsp3) is 0.118. The number of hydrogen-bond donors (Lipinski definition) is 1. The van der Waals surface area contributed by atoms with Crippen LogP contribution < -0.4 is 5.73 Å². The van der Waals surface area contributed by atoms with Crippen LogP contribution in [0.25, 0.3) is 22.4 Å². The van der Waals surface area contributed by atoms with Crippen LogP contribution in [-0.2, 0) is 7.05 Å². The van der Waals surface area contributed by atoms with E-state index in [2.05, 4.69) is 48.4 Å². The quantitative estimate of drug-likeness (QED) is 0.767. The first-order chi connectivity index (χ1) is 9.66. The standard InChI is InChI=1S/C17H17N3/c1-12-8-10-14(11-9-12)16-15(17(18)20(2)19-16)13-6-4-3-5-7-13/h3-11H,18H2,1-2H3. The Morgan fingerprint density at radius 3 is 2.20 bits per heavy atom. The fourth-order valence-corrected chi connectivity index (χ4v) is 2.34. The van der Waals surface area contributed by atoms with E-state index in [1.807, 2.05) is 25.2 Å². The molecule has 0 saturated heterocycles. The Labute approximate surface area is 118 Å². The number of benzene rings is 2. The first kappa shape index (κ1) is 12.5. The van der Waals surface area contributed by atoms with E-state index in [9.17, 15) is 0 Å². The Kier molecular flexibility index (Phi) is 3.03. The zero-order valence-electron chi connectivity index (χ0n) is 11.7. The summed E-state index contributed by atoms with van der Waals surface area (Å²) in [5.41, 5.74) is 11.5. The number of nitrogens with zero attached hydrogens (tertiary/aromatic N) is 2. The Bertz CT molecular complexity index is 725. The normalized spacial score (nSPS) is 10.7. The monoisotopic (exact) mass is 263 g/mol. The van der Waals surface area contributed by atoms with Gasteiger partial charge in [0, 0.05) is 12.6 Å². The Morgan fingerprint density at radius 2 is 1.55 bits per heavy atom. The molecule has 3 rings (SSSR count). The lowest BCUT2D eigenvalue weighted by Gasteiger charge is -2.04. The molecule has 0 atom stereocenters. The molecule has 0 spiro atoms. The number of aromatic nitrogens is 2. The highest BCUT2D eigenvalue weighted by atomic mass is 15.3. The van der Waals surface area contributed by atoms with Gasteiger partial charge in [-0.25, -0.2) is 0 Å². The summed E-state index contributed by atoms with van der Waals surface area (Å²) >= 11 is 0. The smallest absolute Gasteiger partial charge is 0.129 e. The fourth-order valence-electron chi connectivity index (χ4n) is 2.34. The number of anilines is 1. The van der Waals surface area contributed by atoms with Gasteiger partial charge < -0.3 is 5.73 Å². The number of nitrogens with two attached hydrogens (primary N) is 1. The van der Waals surface area contributed by atoms with Gasteiger partial charge in [-0.2, -0.15) is 5.10 Å². The summed E-state index contributed by atoms with van der Waals surface area (Å²) < 4.78 is 1.73. The molecule has 0 aliphatic carbocycles. The Morgan fingerprint density at radius 1 is 0.900 bits per heavy atom. The van der Waals surface area contributed by atoms with E-state index in [0.717, 1.165) is 22.4 Å². The first-order valence-electron chi connectivity index (χ1n) is 6.62. The van der Waals surface area contributed by atoms with Gasteiger partial charge in [0.25, 0.3) is 0 Å². The molecule has 0 saturated carbocycles. The van der Waals surface area contributed by atoms with E-state index in [1.165, 1.54) is 5.56 Å². The maximum atomic E-state index is 6.20. The van der Waals surface area contributed by atoms with Gasteiger partial charge >= 0.3 is 0 Å². The minimum Gasteiger partial charge on any atom is -0.383 e. The Balaban J connectivity index is 2.22. The number of hydrogen-bond acceptors (Lipinski definition) is 2. The highest BCUT2D eigenvalue weighted by molar-refractivity contribution is 5.88. The van der Waals surface area contributed by atoms with Crippen molar-refractivity contribution in [1.82, 2.24) is 9.78 Å². The molecule has 0 aliphatic heterocycles. The van der Waals surface area contributed by atoms with Gasteiger partial charge in [-0.05, 0) is 12.5 Å². The molecule has 0 aliphatic rings. The van der Waals surface area contributed by atoms with Gasteiger partial charge in [0.2, 0.25) is 0 Å². The molecule has 3 aromatic rings. The summed E-state index contributed by atoms with van der Waals surface area (Å²) in [4.78, 5) is 0. The molecule has 0 bridgehead atoms. The number of nitrogen functional groups attached to an aromatic ring is 1. The third kappa shape index (κ3) is 2.07. The van der Waals surface area contributed by atoms with Crippen LogP contribution in [0.3, 0.4) is 0 Å². The molecule has 2 N–H and O–H groups in total. The van der Waals surface area contributed by atoms with Crippen LogP contribution in [-0.4, -0.2) is 9.78 Å². The molecule has 0 amide bonds. The van der Waals surface area contributed by atoms with E-state index in [1.54, 1.807) is 4.68 Å². The predicted molar refractivity (Wildman–Crippen MR) is 83.2 cm³/mol. The molecule has 0 fully saturated rings. The molecule has 2 aromatic carbocycles. The molecule has 1 aromatic heterocycles. The maximum Gasteiger partial charge on any atom is 0.129 e. The summed E-state index contributed by atoms with van der Waals surface area (Å²) in [7, 11) is 1.87.